The minimum absolute atomic E-state index is 0.163. The molecule has 0 aliphatic heterocycles. The van der Waals surface area contributed by atoms with E-state index in [0.29, 0.717) is 0 Å². The molecule has 96 valence electrons. The molecule has 19 heavy (non-hydrogen) atoms. The first kappa shape index (κ1) is 11.6. The van der Waals surface area contributed by atoms with Crippen molar-refractivity contribution in [2.24, 2.45) is 0 Å². The van der Waals surface area contributed by atoms with Gasteiger partial charge in [0, 0.05) is 29.8 Å². The second kappa shape index (κ2) is 4.31. The lowest BCUT2D eigenvalue weighted by Crippen LogP contribution is -2.09. The molecule has 0 radical (unpaired) electrons. The molecule has 3 aromatic rings. The van der Waals surface area contributed by atoms with Gasteiger partial charge >= 0.3 is 0 Å². The molecular weight excluding hydrogens is 241 g/mol. The molecule has 0 aliphatic carbocycles. The molecule has 3 nitrogen and oxygen atoms in total. The van der Waals surface area contributed by atoms with E-state index in [1.807, 2.05) is 42.4 Å². The maximum absolute atomic E-state index is 13.5. The molecule has 0 spiro atoms. The van der Waals surface area contributed by atoms with Crippen LogP contribution in [0.2, 0.25) is 0 Å². The Labute approximate surface area is 110 Å². The van der Waals surface area contributed by atoms with Gasteiger partial charge in [0.1, 0.15) is 5.82 Å². The molecule has 0 aliphatic rings. The predicted octanol–water partition coefficient (Wildman–Crippen LogP) is 3.66. The Morgan fingerprint density at radius 1 is 1.16 bits per heavy atom. The smallest absolute Gasteiger partial charge is 0.148 e. The Hall–Kier alpha value is -2.49. The Morgan fingerprint density at radius 2 is 1.95 bits per heavy atom. The molecule has 0 amide bonds. The summed E-state index contributed by atoms with van der Waals surface area (Å²) >= 11 is 0. The molecule has 0 unspecified atom stereocenters. The highest BCUT2D eigenvalue weighted by molar-refractivity contribution is 5.94. The first-order valence-corrected chi connectivity index (χ1v) is 6.01. The highest BCUT2D eigenvalue weighted by Gasteiger charge is 2.11. The van der Waals surface area contributed by atoms with Gasteiger partial charge in [-0.15, -0.1) is 0 Å². The van der Waals surface area contributed by atoms with E-state index in [2.05, 4.69) is 4.98 Å². The van der Waals surface area contributed by atoms with Crippen LogP contribution in [0.1, 0.15) is 0 Å². The zero-order valence-corrected chi connectivity index (χ0v) is 10.5. The number of rotatable bonds is 2. The van der Waals surface area contributed by atoms with Gasteiger partial charge in [-0.3, -0.25) is 0 Å². The van der Waals surface area contributed by atoms with Gasteiger partial charge in [0.05, 0.1) is 11.4 Å². The van der Waals surface area contributed by atoms with E-state index in [-0.39, 0.29) is 5.69 Å². The molecule has 3 N–H and O–H groups in total. The van der Waals surface area contributed by atoms with Gasteiger partial charge in [-0.25, -0.2) is 4.39 Å². The number of anilines is 3. The second-order valence-corrected chi connectivity index (χ2v) is 4.48. The lowest BCUT2D eigenvalue weighted by molar-refractivity contribution is 0.632. The van der Waals surface area contributed by atoms with Gasteiger partial charge in [-0.1, -0.05) is 18.2 Å². The Bertz CT molecular complexity index is 733. The summed E-state index contributed by atoms with van der Waals surface area (Å²) in [6.45, 7) is 0. The van der Waals surface area contributed by atoms with Crippen LogP contribution in [0.3, 0.4) is 0 Å². The maximum Gasteiger partial charge on any atom is 0.148 e. The van der Waals surface area contributed by atoms with Crippen molar-refractivity contribution >= 4 is 28.0 Å². The zero-order chi connectivity index (χ0) is 13.4. The number of halogens is 1. The quantitative estimate of drug-likeness (QED) is 0.686. The molecule has 0 fully saturated rings. The summed E-state index contributed by atoms with van der Waals surface area (Å²) in [5.74, 6) is -0.399. The van der Waals surface area contributed by atoms with E-state index in [4.69, 9.17) is 5.73 Å². The van der Waals surface area contributed by atoms with Crippen LogP contribution in [0.25, 0.3) is 10.9 Å². The number of nitrogens with two attached hydrogens (primary N) is 1. The number of nitrogens with one attached hydrogen (secondary N) is 1. The van der Waals surface area contributed by atoms with Gasteiger partial charge in [0.25, 0.3) is 0 Å². The van der Waals surface area contributed by atoms with Crippen molar-refractivity contribution in [3.8, 4) is 0 Å². The normalized spacial score (nSPS) is 10.8. The van der Waals surface area contributed by atoms with Gasteiger partial charge in [-0.2, -0.15) is 0 Å². The van der Waals surface area contributed by atoms with Crippen LogP contribution in [0, 0.1) is 5.82 Å². The number of fused-ring (bicyclic) bond motifs is 1. The molecule has 2 aromatic carbocycles. The number of benzene rings is 2. The van der Waals surface area contributed by atoms with Crippen molar-refractivity contribution < 1.29 is 4.39 Å². The van der Waals surface area contributed by atoms with Gasteiger partial charge in [0.15, 0.2) is 0 Å². The fourth-order valence-electron chi connectivity index (χ4n) is 2.20. The summed E-state index contributed by atoms with van der Waals surface area (Å²) in [7, 11) is 1.90. The largest absolute Gasteiger partial charge is 0.396 e. The monoisotopic (exact) mass is 255 g/mol. The number of aromatic amines is 1. The van der Waals surface area contributed by atoms with Crippen LogP contribution in [0.4, 0.5) is 21.5 Å². The summed E-state index contributed by atoms with van der Waals surface area (Å²) in [5, 5.41) is 1.10. The second-order valence-electron chi connectivity index (χ2n) is 4.48. The predicted molar refractivity (Wildman–Crippen MR) is 77.2 cm³/mol. The molecule has 0 atom stereocenters. The third-order valence-electron chi connectivity index (χ3n) is 3.30. The summed E-state index contributed by atoms with van der Waals surface area (Å²) < 4.78 is 13.5. The lowest BCUT2D eigenvalue weighted by Gasteiger charge is -2.19. The molecule has 0 saturated heterocycles. The zero-order valence-electron chi connectivity index (χ0n) is 10.5. The summed E-state index contributed by atoms with van der Waals surface area (Å²) in [6, 6.07) is 12.8. The minimum Gasteiger partial charge on any atom is -0.396 e. The molecular formula is C15H14FN3. The Balaban J connectivity index is 2.08. The van der Waals surface area contributed by atoms with Crippen LogP contribution in [0.5, 0.6) is 0 Å². The molecule has 1 heterocycles. The van der Waals surface area contributed by atoms with E-state index >= 15 is 0 Å². The van der Waals surface area contributed by atoms with E-state index in [0.717, 1.165) is 22.3 Å². The van der Waals surface area contributed by atoms with Gasteiger partial charge in [0.2, 0.25) is 0 Å². The first-order chi connectivity index (χ1) is 9.16. The van der Waals surface area contributed by atoms with Crippen LogP contribution in [0.15, 0.2) is 48.7 Å². The molecule has 4 heteroatoms. The highest BCUT2D eigenvalue weighted by atomic mass is 19.1. The van der Waals surface area contributed by atoms with Gasteiger partial charge in [-0.05, 0) is 24.3 Å². The summed E-state index contributed by atoms with van der Waals surface area (Å²) in [4.78, 5) is 5.14. The molecule has 1 aromatic heterocycles. The van der Waals surface area contributed by atoms with Crippen molar-refractivity contribution in [1.29, 1.82) is 0 Å². The van der Waals surface area contributed by atoms with Crippen LogP contribution >= 0.6 is 0 Å². The van der Waals surface area contributed by atoms with E-state index in [9.17, 15) is 4.39 Å². The number of nitrogens with zero attached hydrogens (tertiary/aromatic N) is 1. The van der Waals surface area contributed by atoms with Crippen molar-refractivity contribution in [1.82, 2.24) is 4.98 Å². The van der Waals surface area contributed by atoms with E-state index in [1.165, 1.54) is 6.07 Å². The average Bonchev–Trinajstić information content (AvgIpc) is 2.85. The highest BCUT2D eigenvalue weighted by Crippen LogP contribution is 2.31. The standard InChI is InChI=1S/C15H14FN3/c1-19(10-6-7-13(17)12(16)8-10)15-9-18-14-5-3-2-4-11(14)15/h2-9,18H,17H2,1H3. The van der Waals surface area contributed by atoms with E-state index < -0.39 is 5.82 Å². The minimum atomic E-state index is -0.399. The fourth-order valence-corrected chi connectivity index (χ4v) is 2.20. The first-order valence-electron chi connectivity index (χ1n) is 6.01. The average molecular weight is 255 g/mol. The van der Waals surface area contributed by atoms with Crippen LogP contribution in [-0.4, -0.2) is 12.0 Å². The number of hydrogen-bond acceptors (Lipinski definition) is 2. The number of aromatic nitrogens is 1. The third-order valence-corrected chi connectivity index (χ3v) is 3.30. The number of H-pyrrole nitrogens is 1. The van der Waals surface area contributed by atoms with Crippen molar-refractivity contribution in [2.45, 2.75) is 0 Å². The number of nitrogen functional groups attached to an aromatic ring is 1. The van der Waals surface area contributed by atoms with Crippen LogP contribution in [-0.2, 0) is 0 Å². The SMILES string of the molecule is CN(c1ccc(N)c(F)c1)c1c[nH]c2ccccc12. The van der Waals surface area contributed by atoms with Crippen molar-refractivity contribution in [3.05, 3.63) is 54.5 Å². The van der Waals surface area contributed by atoms with Crippen LogP contribution < -0.4 is 10.6 Å². The number of para-hydroxylation sites is 1. The maximum atomic E-state index is 13.5. The van der Waals surface area contributed by atoms with E-state index in [1.54, 1.807) is 12.1 Å². The van der Waals surface area contributed by atoms with Crippen molar-refractivity contribution in [2.75, 3.05) is 17.7 Å². The summed E-state index contributed by atoms with van der Waals surface area (Å²) in [5.41, 5.74) is 8.48. The fraction of sp³-hybridized carbons (Fsp3) is 0.0667. The van der Waals surface area contributed by atoms with Gasteiger partial charge < -0.3 is 15.6 Å². The molecule has 3 rings (SSSR count). The summed E-state index contributed by atoms with van der Waals surface area (Å²) in [6.07, 6.45) is 1.92. The van der Waals surface area contributed by atoms with Crippen molar-refractivity contribution in [3.63, 3.8) is 0 Å². The Morgan fingerprint density at radius 3 is 2.74 bits per heavy atom. The molecule has 0 bridgehead atoms. The lowest BCUT2D eigenvalue weighted by atomic mass is 10.2. The third kappa shape index (κ3) is 1.91. The Kier molecular flexibility index (Phi) is 2.63. The topological polar surface area (TPSA) is 45.0 Å². The number of hydrogen-bond donors (Lipinski definition) is 2. The molecule has 0 saturated carbocycles.